The van der Waals surface area contributed by atoms with E-state index in [1.54, 1.807) is 12.1 Å². The van der Waals surface area contributed by atoms with Gasteiger partial charge >= 0.3 is 0 Å². The first-order valence-electron chi connectivity index (χ1n) is 6.79. The van der Waals surface area contributed by atoms with E-state index in [0.29, 0.717) is 17.9 Å². The fourth-order valence-corrected chi connectivity index (χ4v) is 2.60. The highest BCUT2D eigenvalue weighted by Crippen LogP contribution is 2.28. The summed E-state index contributed by atoms with van der Waals surface area (Å²) in [5.74, 6) is -0.413. The van der Waals surface area contributed by atoms with Crippen molar-refractivity contribution in [2.75, 3.05) is 24.6 Å². The average molecular weight is 265 g/mol. The Balaban J connectivity index is 2.17. The first kappa shape index (κ1) is 14.0. The highest BCUT2D eigenvalue weighted by Gasteiger charge is 2.24. The average Bonchev–Trinajstić information content (AvgIpc) is 2.40. The molecular formula is C15H20FNO2. The van der Waals surface area contributed by atoms with Crippen LogP contribution in [-0.4, -0.2) is 31.6 Å². The van der Waals surface area contributed by atoms with Crippen molar-refractivity contribution in [1.29, 1.82) is 0 Å². The number of carbonyl (C=O) groups excluding carboxylic acids is 1. The van der Waals surface area contributed by atoms with Crippen LogP contribution in [0.3, 0.4) is 0 Å². The first-order valence-corrected chi connectivity index (χ1v) is 6.79. The summed E-state index contributed by atoms with van der Waals surface area (Å²) in [6, 6.07) is 4.69. The first-order chi connectivity index (χ1) is 9.13. The zero-order valence-corrected chi connectivity index (χ0v) is 11.5. The zero-order valence-electron chi connectivity index (χ0n) is 11.5. The van der Waals surface area contributed by atoms with Crippen LogP contribution in [0.1, 0.15) is 37.0 Å². The van der Waals surface area contributed by atoms with Gasteiger partial charge in [-0.25, -0.2) is 4.39 Å². The molecule has 19 heavy (non-hydrogen) atoms. The predicted octanol–water partition coefficient (Wildman–Crippen LogP) is 3.03. The summed E-state index contributed by atoms with van der Waals surface area (Å²) in [6.45, 7) is 5.63. The molecule has 1 aliphatic heterocycles. The Hall–Kier alpha value is -1.42. The molecule has 3 nitrogen and oxygen atoms in total. The quantitative estimate of drug-likeness (QED) is 0.784. The largest absolute Gasteiger partial charge is 0.378 e. The minimum absolute atomic E-state index is 0.0959. The Morgan fingerprint density at radius 3 is 2.68 bits per heavy atom. The third-order valence-corrected chi connectivity index (χ3v) is 3.53. The van der Waals surface area contributed by atoms with Crippen LogP contribution in [0.25, 0.3) is 0 Å². The lowest BCUT2D eigenvalue weighted by Gasteiger charge is -2.34. The van der Waals surface area contributed by atoms with Gasteiger partial charge in [0.2, 0.25) is 0 Å². The van der Waals surface area contributed by atoms with Gasteiger partial charge in [0.25, 0.3) is 0 Å². The molecule has 1 aliphatic rings. The van der Waals surface area contributed by atoms with Gasteiger partial charge < -0.3 is 9.64 Å². The van der Waals surface area contributed by atoms with E-state index in [4.69, 9.17) is 4.74 Å². The van der Waals surface area contributed by atoms with Crippen LogP contribution < -0.4 is 4.90 Å². The second-order valence-electron chi connectivity index (χ2n) is 4.83. The van der Waals surface area contributed by atoms with Crippen LogP contribution in [0.2, 0.25) is 0 Å². The van der Waals surface area contributed by atoms with E-state index in [1.165, 1.54) is 13.0 Å². The molecule has 0 amide bonds. The predicted molar refractivity (Wildman–Crippen MR) is 73.3 cm³/mol. The maximum absolute atomic E-state index is 14.0. The Morgan fingerprint density at radius 1 is 1.42 bits per heavy atom. The molecule has 0 radical (unpaired) electrons. The van der Waals surface area contributed by atoms with Crippen molar-refractivity contribution in [2.24, 2.45) is 0 Å². The number of anilines is 1. The summed E-state index contributed by atoms with van der Waals surface area (Å²) in [5.41, 5.74) is 0.916. The minimum atomic E-state index is -0.317. The Morgan fingerprint density at radius 2 is 2.11 bits per heavy atom. The molecule has 0 bridgehead atoms. The van der Waals surface area contributed by atoms with Gasteiger partial charge in [0.1, 0.15) is 5.82 Å². The molecule has 1 fully saturated rings. The van der Waals surface area contributed by atoms with E-state index in [9.17, 15) is 9.18 Å². The fraction of sp³-hybridized carbons (Fsp3) is 0.533. The molecular weight excluding hydrogens is 245 g/mol. The van der Waals surface area contributed by atoms with Gasteiger partial charge in [-0.3, -0.25) is 4.79 Å². The van der Waals surface area contributed by atoms with Crippen LogP contribution >= 0.6 is 0 Å². The van der Waals surface area contributed by atoms with E-state index >= 15 is 0 Å². The molecule has 0 spiro atoms. The second kappa shape index (κ2) is 6.15. The number of nitrogens with zero attached hydrogens (tertiary/aromatic N) is 1. The van der Waals surface area contributed by atoms with Crippen molar-refractivity contribution in [3.05, 3.63) is 29.6 Å². The lowest BCUT2D eigenvalue weighted by atomic mass is 10.0. The van der Waals surface area contributed by atoms with E-state index in [1.807, 2.05) is 11.8 Å². The van der Waals surface area contributed by atoms with E-state index in [2.05, 4.69) is 0 Å². The number of rotatable bonds is 4. The van der Waals surface area contributed by atoms with Gasteiger partial charge in [-0.15, -0.1) is 0 Å². The van der Waals surface area contributed by atoms with Crippen LogP contribution in [0.15, 0.2) is 18.2 Å². The fourth-order valence-electron chi connectivity index (χ4n) is 2.60. The zero-order chi connectivity index (χ0) is 13.8. The van der Waals surface area contributed by atoms with Crippen LogP contribution in [0, 0.1) is 5.82 Å². The molecule has 0 unspecified atom stereocenters. The highest BCUT2D eigenvalue weighted by atomic mass is 19.1. The third kappa shape index (κ3) is 3.13. The molecule has 2 rings (SSSR count). The molecule has 4 heteroatoms. The maximum Gasteiger partial charge on any atom is 0.161 e. The van der Waals surface area contributed by atoms with Gasteiger partial charge in [0.05, 0.1) is 11.8 Å². The molecule has 1 saturated heterocycles. The summed E-state index contributed by atoms with van der Waals surface area (Å²) >= 11 is 0. The number of ketones is 1. The number of benzene rings is 1. The number of halogens is 1. The van der Waals surface area contributed by atoms with Crippen molar-refractivity contribution < 1.29 is 13.9 Å². The van der Waals surface area contributed by atoms with Gasteiger partial charge in [-0.05, 0) is 38.8 Å². The molecule has 104 valence electrons. The van der Waals surface area contributed by atoms with Gasteiger partial charge in [0.15, 0.2) is 5.78 Å². The number of Topliss-reactive ketones (excluding diaryl/α,β-unsaturated/α-hetero) is 1. The summed E-state index contributed by atoms with van der Waals surface area (Å²) in [4.78, 5) is 13.6. The van der Waals surface area contributed by atoms with Crippen LogP contribution in [0.5, 0.6) is 0 Å². The van der Waals surface area contributed by atoms with Gasteiger partial charge in [-0.1, -0.05) is 6.07 Å². The Labute approximate surface area is 113 Å². The van der Waals surface area contributed by atoms with Crippen molar-refractivity contribution in [2.45, 2.75) is 32.8 Å². The summed E-state index contributed by atoms with van der Waals surface area (Å²) in [7, 11) is 0. The van der Waals surface area contributed by atoms with Crippen molar-refractivity contribution in [1.82, 2.24) is 0 Å². The summed E-state index contributed by atoms with van der Waals surface area (Å²) in [5, 5.41) is 0. The molecule has 0 atom stereocenters. The topological polar surface area (TPSA) is 29.5 Å². The molecule has 1 aromatic rings. The summed E-state index contributed by atoms with van der Waals surface area (Å²) < 4.78 is 19.6. The smallest absolute Gasteiger partial charge is 0.161 e. The number of hydrogen-bond donors (Lipinski definition) is 0. The number of ether oxygens (including phenoxy) is 1. The maximum atomic E-state index is 14.0. The highest BCUT2D eigenvalue weighted by molar-refractivity contribution is 5.99. The lowest BCUT2D eigenvalue weighted by molar-refractivity contribution is 0.0458. The standard InChI is InChI=1S/C15H20FNO2/c1-3-19-12-7-9-17(10-8-12)15-13(11(2)18)5-4-6-14(15)16/h4-6,12H,3,7-10H2,1-2H3. The van der Waals surface area contributed by atoms with Crippen LogP contribution in [0.4, 0.5) is 10.1 Å². The number of para-hydroxylation sites is 1. The van der Waals surface area contributed by atoms with Crippen molar-refractivity contribution in [3.63, 3.8) is 0 Å². The molecule has 0 aliphatic carbocycles. The van der Waals surface area contributed by atoms with E-state index in [0.717, 1.165) is 25.9 Å². The second-order valence-corrected chi connectivity index (χ2v) is 4.83. The van der Waals surface area contributed by atoms with Gasteiger partial charge in [-0.2, -0.15) is 0 Å². The number of carbonyl (C=O) groups is 1. The SMILES string of the molecule is CCOC1CCN(c2c(F)cccc2C(C)=O)CC1. The minimum Gasteiger partial charge on any atom is -0.378 e. The molecule has 1 aromatic carbocycles. The number of hydrogen-bond acceptors (Lipinski definition) is 3. The van der Waals surface area contributed by atoms with Crippen LogP contribution in [-0.2, 0) is 4.74 Å². The van der Waals surface area contributed by atoms with Crippen molar-refractivity contribution >= 4 is 11.5 Å². The normalized spacial score (nSPS) is 16.7. The Bertz CT molecular complexity index is 453. The number of piperidine rings is 1. The van der Waals surface area contributed by atoms with E-state index in [-0.39, 0.29) is 17.7 Å². The van der Waals surface area contributed by atoms with Gasteiger partial charge in [0, 0.05) is 25.3 Å². The lowest BCUT2D eigenvalue weighted by Crippen LogP contribution is -2.38. The molecule has 0 N–H and O–H groups in total. The van der Waals surface area contributed by atoms with E-state index < -0.39 is 0 Å². The monoisotopic (exact) mass is 265 g/mol. The van der Waals surface area contributed by atoms with Crippen molar-refractivity contribution in [3.8, 4) is 0 Å². The third-order valence-electron chi connectivity index (χ3n) is 3.53. The molecule has 1 heterocycles. The Kier molecular flexibility index (Phi) is 4.53. The molecule has 0 saturated carbocycles. The molecule has 0 aromatic heterocycles. The summed E-state index contributed by atoms with van der Waals surface area (Å²) in [6.07, 6.45) is 2.01.